The number of likely N-dealkylation sites (N-methyl/N-ethyl adjacent to an activating group) is 1. The van der Waals surface area contributed by atoms with Crippen molar-refractivity contribution < 1.29 is 9.53 Å². The Hall–Kier alpha value is -1.55. The van der Waals surface area contributed by atoms with E-state index in [1.165, 1.54) is 11.1 Å². The average Bonchev–Trinajstić information content (AvgIpc) is 2.44. The lowest BCUT2D eigenvalue weighted by atomic mass is 9.88. The zero-order valence-corrected chi connectivity index (χ0v) is 12.6. The van der Waals surface area contributed by atoms with E-state index in [0.717, 1.165) is 25.0 Å². The van der Waals surface area contributed by atoms with Gasteiger partial charge in [0.1, 0.15) is 5.75 Å². The normalized spacial score (nSPS) is 17.8. The third-order valence-corrected chi connectivity index (χ3v) is 4.01. The number of hydrogen-bond acceptors (Lipinski definition) is 3. The van der Waals surface area contributed by atoms with Crippen LogP contribution in [-0.2, 0) is 11.2 Å². The highest BCUT2D eigenvalue weighted by atomic mass is 16.5. The molecule has 1 aliphatic rings. The van der Waals surface area contributed by atoms with Crippen LogP contribution in [0.15, 0.2) is 18.2 Å². The van der Waals surface area contributed by atoms with Crippen LogP contribution in [0.1, 0.15) is 43.9 Å². The van der Waals surface area contributed by atoms with Crippen LogP contribution < -0.4 is 10.5 Å². The van der Waals surface area contributed by atoms with Crippen LogP contribution in [0.5, 0.6) is 5.75 Å². The van der Waals surface area contributed by atoms with Crippen LogP contribution in [0.4, 0.5) is 0 Å². The van der Waals surface area contributed by atoms with Crippen molar-refractivity contribution in [1.29, 1.82) is 0 Å². The van der Waals surface area contributed by atoms with Crippen molar-refractivity contribution in [3.63, 3.8) is 0 Å². The number of benzene rings is 1. The van der Waals surface area contributed by atoms with E-state index in [4.69, 9.17) is 10.5 Å². The van der Waals surface area contributed by atoms with E-state index in [2.05, 4.69) is 0 Å². The monoisotopic (exact) mass is 276 g/mol. The first-order valence-electron chi connectivity index (χ1n) is 7.26. The summed E-state index contributed by atoms with van der Waals surface area (Å²) in [6, 6.07) is 6.29. The number of rotatable bonds is 4. The van der Waals surface area contributed by atoms with Crippen molar-refractivity contribution in [2.45, 2.75) is 45.2 Å². The van der Waals surface area contributed by atoms with Gasteiger partial charge in [0.2, 0.25) is 0 Å². The first kappa shape index (κ1) is 14.9. The maximum atomic E-state index is 11.9. The van der Waals surface area contributed by atoms with Crippen molar-refractivity contribution in [1.82, 2.24) is 4.90 Å². The molecule has 0 heterocycles. The Morgan fingerprint density at radius 3 is 2.95 bits per heavy atom. The number of ether oxygens (including phenoxy) is 1. The van der Waals surface area contributed by atoms with E-state index in [1.54, 1.807) is 11.9 Å². The highest BCUT2D eigenvalue weighted by Crippen LogP contribution is 2.30. The molecular weight excluding hydrogens is 252 g/mol. The van der Waals surface area contributed by atoms with E-state index in [0.29, 0.717) is 0 Å². The molecule has 0 aromatic heterocycles. The quantitative estimate of drug-likeness (QED) is 0.918. The molecule has 20 heavy (non-hydrogen) atoms. The van der Waals surface area contributed by atoms with Crippen LogP contribution in [0.25, 0.3) is 0 Å². The molecule has 0 saturated heterocycles. The molecule has 110 valence electrons. The van der Waals surface area contributed by atoms with Gasteiger partial charge in [0.05, 0.1) is 0 Å². The van der Waals surface area contributed by atoms with Gasteiger partial charge in [-0.1, -0.05) is 6.07 Å². The maximum absolute atomic E-state index is 11.9. The SMILES string of the molecule is CC(C)N(C)C(=O)COc1ccc2c(c1)CCCC2N. The van der Waals surface area contributed by atoms with Gasteiger partial charge in [0.15, 0.2) is 6.61 Å². The Balaban J connectivity index is 1.99. The lowest BCUT2D eigenvalue weighted by molar-refractivity contribution is -0.133. The van der Waals surface area contributed by atoms with Gasteiger partial charge in [-0.2, -0.15) is 0 Å². The largest absolute Gasteiger partial charge is 0.484 e. The highest BCUT2D eigenvalue weighted by Gasteiger charge is 2.18. The summed E-state index contributed by atoms with van der Waals surface area (Å²) in [5.74, 6) is 0.748. The Morgan fingerprint density at radius 2 is 2.25 bits per heavy atom. The summed E-state index contributed by atoms with van der Waals surface area (Å²) >= 11 is 0. The first-order chi connectivity index (χ1) is 9.49. The summed E-state index contributed by atoms with van der Waals surface area (Å²) in [5, 5.41) is 0. The number of aryl methyl sites for hydroxylation is 1. The second-order valence-corrected chi connectivity index (χ2v) is 5.75. The Morgan fingerprint density at radius 1 is 1.50 bits per heavy atom. The third-order valence-electron chi connectivity index (χ3n) is 4.01. The highest BCUT2D eigenvalue weighted by molar-refractivity contribution is 5.77. The fraction of sp³-hybridized carbons (Fsp3) is 0.562. The molecule has 1 aliphatic carbocycles. The smallest absolute Gasteiger partial charge is 0.260 e. The molecule has 1 aromatic carbocycles. The number of carbonyl (C=O) groups is 1. The maximum Gasteiger partial charge on any atom is 0.260 e. The minimum absolute atomic E-state index is 0.00516. The Labute approximate surface area is 120 Å². The zero-order chi connectivity index (χ0) is 14.7. The predicted octanol–water partition coefficient (Wildman–Crippen LogP) is 2.27. The molecule has 0 bridgehead atoms. The summed E-state index contributed by atoms with van der Waals surface area (Å²) in [6.07, 6.45) is 3.21. The minimum atomic E-state index is -0.00516. The third kappa shape index (κ3) is 3.31. The standard InChI is InChI=1S/C16H24N2O2/c1-11(2)18(3)16(19)10-20-13-7-8-14-12(9-13)5-4-6-15(14)17/h7-9,11,15H,4-6,10,17H2,1-3H3. The van der Waals surface area contributed by atoms with Crippen LogP contribution in [0.3, 0.4) is 0 Å². The number of hydrogen-bond donors (Lipinski definition) is 1. The van der Waals surface area contributed by atoms with Gasteiger partial charge in [0.25, 0.3) is 5.91 Å². The molecule has 0 aliphatic heterocycles. The van der Waals surface area contributed by atoms with Gasteiger partial charge in [-0.15, -0.1) is 0 Å². The second-order valence-electron chi connectivity index (χ2n) is 5.75. The molecule has 1 amide bonds. The number of fused-ring (bicyclic) bond motifs is 1. The predicted molar refractivity (Wildman–Crippen MR) is 79.7 cm³/mol. The molecular formula is C16H24N2O2. The van der Waals surface area contributed by atoms with Gasteiger partial charge in [0, 0.05) is 19.1 Å². The molecule has 4 nitrogen and oxygen atoms in total. The molecule has 2 rings (SSSR count). The molecule has 2 N–H and O–H groups in total. The number of nitrogens with zero attached hydrogens (tertiary/aromatic N) is 1. The van der Waals surface area contributed by atoms with Crippen molar-refractivity contribution in [3.8, 4) is 5.75 Å². The van der Waals surface area contributed by atoms with Crippen LogP contribution >= 0.6 is 0 Å². The molecule has 1 unspecified atom stereocenters. The Bertz CT molecular complexity index is 485. The molecule has 1 aromatic rings. The number of amides is 1. The molecule has 1 atom stereocenters. The van der Waals surface area contributed by atoms with Crippen molar-refractivity contribution in [2.24, 2.45) is 5.73 Å². The van der Waals surface area contributed by atoms with Crippen molar-refractivity contribution in [2.75, 3.05) is 13.7 Å². The second kappa shape index (κ2) is 6.27. The van der Waals surface area contributed by atoms with Gasteiger partial charge in [-0.05, 0) is 56.4 Å². The summed E-state index contributed by atoms with van der Waals surface area (Å²) in [6.45, 7) is 4.05. The molecule has 0 radical (unpaired) electrons. The number of carbonyl (C=O) groups excluding carboxylic acids is 1. The van der Waals surface area contributed by atoms with E-state index >= 15 is 0 Å². The average molecular weight is 276 g/mol. The van der Waals surface area contributed by atoms with Gasteiger partial charge in [-0.3, -0.25) is 4.79 Å². The van der Waals surface area contributed by atoms with Crippen molar-refractivity contribution >= 4 is 5.91 Å². The summed E-state index contributed by atoms with van der Waals surface area (Å²) < 4.78 is 5.61. The van der Waals surface area contributed by atoms with E-state index in [9.17, 15) is 4.79 Å². The lowest BCUT2D eigenvalue weighted by Gasteiger charge is -2.23. The summed E-state index contributed by atoms with van der Waals surface area (Å²) in [5.41, 5.74) is 8.56. The number of nitrogens with two attached hydrogens (primary N) is 1. The fourth-order valence-corrected chi connectivity index (χ4v) is 2.45. The zero-order valence-electron chi connectivity index (χ0n) is 12.6. The fourth-order valence-electron chi connectivity index (χ4n) is 2.45. The van der Waals surface area contributed by atoms with Gasteiger partial charge in [-0.25, -0.2) is 0 Å². The summed E-state index contributed by atoms with van der Waals surface area (Å²) in [7, 11) is 1.79. The van der Waals surface area contributed by atoms with E-state index in [1.807, 2.05) is 32.0 Å². The molecule has 0 saturated carbocycles. The van der Waals surface area contributed by atoms with Crippen molar-refractivity contribution in [3.05, 3.63) is 29.3 Å². The first-order valence-corrected chi connectivity index (χ1v) is 7.26. The van der Waals surface area contributed by atoms with Crippen LogP contribution in [0, 0.1) is 0 Å². The van der Waals surface area contributed by atoms with E-state index < -0.39 is 0 Å². The summed E-state index contributed by atoms with van der Waals surface area (Å²) in [4.78, 5) is 13.6. The Kier molecular flexibility index (Phi) is 4.65. The van der Waals surface area contributed by atoms with Crippen LogP contribution in [-0.4, -0.2) is 30.5 Å². The topological polar surface area (TPSA) is 55.6 Å². The molecule has 0 spiro atoms. The van der Waals surface area contributed by atoms with Crippen LogP contribution in [0.2, 0.25) is 0 Å². The minimum Gasteiger partial charge on any atom is -0.484 e. The van der Waals surface area contributed by atoms with Gasteiger partial charge >= 0.3 is 0 Å². The van der Waals surface area contributed by atoms with Gasteiger partial charge < -0.3 is 15.4 Å². The molecule has 0 fully saturated rings. The molecule has 4 heteroatoms. The van der Waals surface area contributed by atoms with E-state index in [-0.39, 0.29) is 24.6 Å². The lowest BCUT2D eigenvalue weighted by Crippen LogP contribution is -2.36.